The fourth-order valence-electron chi connectivity index (χ4n) is 1.59. The van der Waals surface area contributed by atoms with Gasteiger partial charge >= 0.3 is 6.09 Å². The van der Waals surface area contributed by atoms with Crippen molar-refractivity contribution < 1.29 is 9.53 Å². The minimum absolute atomic E-state index is 0.0752. The highest BCUT2D eigenvalue weighted by Gasteiger charge is 2.29. The molecule has 1 fully saturated rings. The maximum atomic E-state index is 11.7. The number of hydrogen-bond donors (Lipinski definition) is 0. The first-order valence-corrected chi connectivity index (χ1v) is 5.53. The van der Waals surface area contributed by atoms with Crippen molar-refractivity contribution in [1.82, 2.24) is 4.90 Å². The number of ether oxygens (including phenoxy) is 1. The Morgan fingerprint density at radius 2 is 2.07 bits per heavy atom. The van der Waals surface area contributed by atoms with E-state index in [4.69, 9.17) is 11.7 Å². The summed E-state index contributed by atoms with van der Waals surface area (Å²) in [6.07, 6.45) is 0.713. The van der Waals surface area contributed by atoms with E-state index in [1.54, 1.807) is 4.90 Å². The number of amides is 1. The zero-order valence-electron chi connectivity index (χ0n) is 10.1. The number of carbonyl (C=O) groups excluding carboxylic acids is 1. The van der Waals surface area contributed by atoms with Gasteiger partial charge < -0.3 is 9.64 Å². The zero-order valence-corrected chi connectivity index (χ0v) is 10.1. The van der Waals surface area contributed by atoms with Gasteiger partial charge in [-0.2, -0.15) is 0 Å². The molecule has 0 unspecified atom stereocenters. The lowest BCUT2D eigenvalue weighted by molar-refractivity contribution is 0.0145. The Hall–Kier alpha value is -0.730. The van der Waals surface area contributed by atoms with Crippen LogP contribution in [0.15, 0.2) is 0 Å². The molecule has 1 aliphatic rings. The molecule has 3 nitrogen and oxygen atoms in total. The monoisotopic (exact) mass is 211 g/mol. The van der Waals surface area contributed by atoms with Crippen molar-refractivity contribution in [2.24, 2.45) is 11.8 Å². The third-order valence-electron chi connectivity index (χ3n) is 2.67. The molecule has 0 saturated carbocycles. The number of carbonyl (C=O) groups is 1. The molecular formula is C12H21NO2. The fourth-order valence-corrected chi connectivity index (χ4v) is 1.59. The number of likely N-dealkylation sites (tertiary alicyclic amines) is 1. The minimum atomic E-state index is -0.426. The molecule has 0 aromatic carbocycles. The molecule has 1 heterocycles. The third kappa shape index (κ3) is 3.73. The Bertz CT molecular complexity index is 232. The molecule has 1 rings (SSSR count). The second kappa shape index (κ2) is 4.42. The number of hydrogen-bond acceptors (Lipinski definition) is 2. The molecule has 0 aliphatic carbocycles. The molecule has 2 atom stereocenters. The van der Waals surface area contributed by atoms with Gasteiger partial charge in [-0.3, -0.25) is 0 Å². The van der Waals surface area contributed by atoms with Gasteiger partial charge in [0.25, 0.3) is 0 Å². The van der Waals surface area contributed by atoms with Crippen molar-refractivity contribution >= 4 is 6.09 Å². The van der Waals surface area contributed by atoms with Gasteiger partial charge in [-0.1, -0.05) is 6.92 Å². The van der Waals surface area contributed by atoms with Crippen LogP contribution in [0.1, 0.15) is 34.1 Å². The summed E-state index contributed by atoms with van der Waals surface area (Å²) in [5.74, 6) is 0.565. The Morgan fingerprint density at radius 1 is 1.47 bits per heavy atom. The molecule has 0 spiro atoms. The number of rotatable bonds is 0. The van der Waals surface area contributed by atoms with Crippen molar-refractivity contribution in [2.45, 2.75) is 39.7 Å². The highest BCUT2D eigenvalue weighted by Crippen LogP contribution is 2.23. The van der Waals surface area contributed by atoms with Crippen LogP contribution in [-0.2, 0) is 4.74 Å². The van der Waals surface area contributed by atoms with Gasteiger partial charge in [0.2, 0.25) is 0 Å². The molecule has 0 bridgehead atoms. The molecule has 1 saturated heterocycles. The lowest BCUT2D eigenvalue weighted by Crippen LogP contribution is -2.44. The second-order valence-corrected chi connectivity index (χ2v) is 5.36. The van der Waals surface area contributed by atoms with Gasteiger partial charge in [0.1, 0.15) is 5.60 Å². The normalized spacial score (nSPS) is 27.7. The van der Waals surface area contributed by atoms with Crippen molar-refractivity contribution in [3.63, 3.8) is 0 Å². The summed E-state index contributed by atoms with van der Waals surface area (Å²) < 4.78 is 5.29. The summed E-state index contributed by atoms with van der Waals surface area (Å²) in [7, 11) is 0. The average Bonchev–Trinajstić information content (AvgIpc) is 2.06. The Labute approximate surface area is 92.8 Å². The lowest BCUT2D eigenvalue weighted by Gasteiger charge is -2.35. The summed E-state index contributed by atoms with van der Waals surface area (Å²) in [6.45, 7) is 15.0. The smallest absolute Gasteiger partial charge is 0.410 e. The SMILES string of the molecule is [CH][C@@H]1CN(C(=O)OC(C)(C)C)CC[C@@H]1C. The molecule has 3 heteroatoms. The van der Waals surface area contributed by atoms with E-state index in [-0.39, 0.29) is 12.0 Å². The Morgan fingerprint density at radius 3 is 2.53 bits per heavy atom. The number of piperidine rings is 1. The first-order valence-electron chi connectivity index (χ1n) is 5.53. The van der Waals surface area contributed by atoms with Crippen LogP contribution in [0.25, 0.3) is 0 Å². The van der Waals surface area contributed by atoms with E-state index >= 15 is 0 Å². The highest BCUT2D eigenvalue weighted by molar-refractivity contribution is 5.68. The van der Waals surface area contributed by atoms with Crippen LogP contribution in [-0.4, -0.2) is 29.7 Å². The summed E-state index contributed by atoms with van der Waals surface area (Å²) in [6, 6.07) is 0. The van der Waals surface area contributed by atoms with Gasteiger partial charge in [0.15, 0.2) is 0 Å². The van der Waals surface area contributed by atoms with Crippen LogP contribution in [0, 0.1) is 18.8 Å². The number of nitrogens with zero attached hydrogens (tertiary/aromatic N) is 1. The summed E-state index contributed by atoms with van der Waals surface area (Å²) in [5, 5.41) is 0. The molecule has 0 aromatic heterocycles. The Kier molecular flexibility index (Phi) is 3.63. The van der Waals surface area contributed by atoms with Crippen LogP contribution >= 0.6 is 0 Å². The maximum absolute atomic E-state index is 11.7. The minimum Gasteiger partial charge on any atom is -0.444 e. The largest absolute Gasteiger partial charge is 0.444 e. The maximum Gasteiger partial charge on any atom is 0.410 e. The molecule has 0 aromatic rings. The van der Waals surface area contributed by atoms with Gasteiger partial charge in [0.05, 0.1) is 0 Å². The summed E-state index contributed by atoms with van der Waals surface area (Å²) >= 11 is 0. The van der Waals surface area contributed by atoms with Crippen LogP contribution < -0.4 is 0 Å². The zero-order chi connectivity index (χ0) is 11.6. The first kappa shape index (κ1) is 12.3. The lowest BCUT2D eigenvalue weighted by atomic mass is 9.89. The average molecular weight is 211 g/mol. The van der Waals surface area contributed by atoms with E-state index in [2.05, 4.69) is 6.92 Å². The van der Waals surface area contributed by atoms with Crippen LogP contribution in [0.4, 0.5) is 4.79 Å². The molecule has 1 amide bonds. The van der Waals surface area contributed by atoms with E-state index in [0.29, 0.717) is 12.5 Å². The van der Waals surface area contributed by atoms with Gasteiger partial charge in [-0.05, 0) is 46.0 Å². The third-order valence-corrected chi connectivity index (χ3v) is 2.67. The quantitative estimate of drug-likeness (QED) is 0.616. The molecule has 2 radical (unpaired) electrons. The van der Waals surface area contributed by atoms with Crippen molar-refractivity contribution in [2.75, 3.05) is 13.1 Å². The molecule has 15 heavy (non-hydrogen) atoms. The summed E-state index contributed by atoms with van der Waals surface area (Å²) in [5.41, 5.74) is -0.426. The Balaban J connectivity index is 2.48. The van der Waals surface area contributed by atoms with Gasteiger partial charge in [0, 0.05) is 13.1 Å². The molecule has 86 valence electrons. The standard InChI is InChI=1S/C12H21NO2/c1-9-6-7-13(8-10(9)2)11(14)15-12(3,4)5/h2,9-10H,6-8H2,1,3-5H3/t9-,10+/m0/s1. The van der Waals surface area contributed by atoms with Crippen LogP contribution in [0.5, 0.6) is 0 Å². The highest BCUT2D eigenvalue weighted by atomic mass is 16.6. The van der Waals surface area contributed by atoms with Crippen LogP contribution in [0.3, 0.4) is 0 Å². The van der Waals surface area contributed by atoms with Gasteiger partial charge in [-0.15, -0.1) is 0 Å². The van der Waals surface area contributed by atoms with Crippen molar-refractivity contribution in [3.8, 4) is 0 Å². The summed E-state index contributed by atoms with van der Waals surface area (Å²) in [4.78, 5) is 13.4. The van der Waals surface area contributed by atoms with Crippen molar-refractivity contribution in [1.29, 1.82) is 0 Å². The molecular weight excluding hydrogens is 190 g/mol. The van der Waals surface area contributed by atoms with E-state index in [9.17, 15) is 4.79 Å². The fraction of sp³-hybridized carbons (Fsp3) is 0.833. The van der Waals surface area contributed by atoms with E-state index in [1.807, 2.05) is 20.8 Å². The predicted molar refractivity (Wildman–Crippen MR) is 59.4 cm³/mol. The van der Waals surface area contributed by atoms with E-state index < -0.39 is 5.60 Å². The molecule has 1 aliphatic heterocycles. The van der Waals surface area contributed by atoms with Gasteiger partial charge in [-0.25, -0.2) is 4.79 Å². The molecule has 0 N–H and O–H groups in total. The first-order chi connectivity index (χ1) is 6.79. The van der Waals surface area contributed by atoms with E-state index in [0.717, 1.165) is 13.0 Å². The predicted octanol–water partition coefficient (Wildman–Crippen LogP) is 2.59. The topological polar surface area (TPSA) is 29.5 Å². The second-order valence-electron chi connectivity index (χ2n) is 5.36. The van der Waals surface area contributed by atoms with Crippen LogP contribution in [0.2, 0.25) is 0 Å². The van der Waals surface area contributed by atoms with E-state index in [1.165, 1.54) is 0 Å². The van der Waals surface area contributed by atoms with Crippen molar-refractivity contribution in [3.05, 3.63) is 6.92 Å².